The topological polar surface area (TPSA) is 52.7 Å². The Kier molecular flexibility index (Phi) is 2.85. The van der Waals surface area contributed by atoms with Crippen LogP contribution in [0.5, 0.6) is 0 Å². The van der Waals surface area contributed by atoms with Crippen LogP contribution < -0.4 is 0 Å². The molecule has 16 heavy (non-hydrogen) atoms. The van der Waals surface area contributed by atoms with Gasteiger partial charge in [0, 0.05) is 13.2 Å². The Labute approximate surface area is 93.7 Å². The molecule has 0 aliphatic heterocycles. The molecule has 0 unspecified atom stereocenters. The molecular weight excluding hydrogens is 204 g/mol. The van der Waals surface area contributed by atoms with Crippen LogP contribution in [0.15, 0.2) is 18.6 Å². The molecule has 0 saturated heterocycles. The number of aldehydes is 1. The summed E-state index contributed by atoms with van der Waals surface area (Å²) in [4.78, 5) is 14.4. The van der Waals surface area contributed by atoms with Gasteiger partial charge in [-0.25, -0.2) is 4.98 Å². The van der Waals surface area contributed by atoms with Crippen molar-refractivity contribution in [3.05, 3.63) is 35.7 Å². The number of rotatable bonds is 4. The van der Waals surface area contributed by atoms with Crippen molar-refractivity contribution in [3.63, 3.8) is 0 Å². The lowest BCUT2D eigenvalue weighted by Gasteiger charge is -2.01. The quantitative estimate of drug-likeness (QED) is 0.720. The molecule has 0 bridgehead atoms. The minimum Gasteiger partial charge on any atom is -0.331 e. The summed E-state index contributed by atoms with van der Waals surface area (Å²) < 4.78 is 3.74. The first-order valence-corrected chi connectivity index (χ1v) is 5.21. The van der Waals surface area contributed by atoms with Crippen molar-refractivity contribution in [2.24, 2.45) is 7.05 Å². The second kappa shape index (κ2) is 4.30. The van der Waals surface area contributed by atoms with Gasteiger partial charge in [-0.2, -0.15) is 5.10 Å². The molecule has 2 rings (SSSR count). The Morgan fingerprint density at radius 1 is 1.50 bits per heavy atom. The van der Waals surface area contributed by atoms with E-state index in [1.165, 1.54) is 0 Å². The Morgan fingerprint density at radius 2 is 2.31 bits per heavy atom. The van der Waals surface area contributed by atoms with Gasteiger partial charge in [-0.3, -0.25) is 9.48 Å². The van der Waals surface area contributed by atoms with Crippen LogP contribution >= 0.6 is 0 Å². The monoisotopic (exact) mass is 218 g/mol. The molecule has 0 atom stereocenters. The molecule has 0 radical (unpaired) electrons. The van der Waals surface area contributed by atoms with Crippen molar-refractivity contribution in [2.45, 2.75) is 19.9 Å². The molecule has 2 heterocycles. The van der Waals surface area contributed by atoms with Gasteiger partial charge >= 0.3 is 0 Å². The second-order valence-electron chi connectivity index (χ2n) is 3.69. The minimum absolute atomic E-state index is 0.456. The third kappa shape index (κ3) is 2.03. The highest BCUT2D eigenvalue weighted by molar-refractivity contribution is 5.70. The predicted octanol–water partition coefficient (Wildman–Crippen LogP) is 1.04. The number of nitrogens with zero attached hydrogens (tertiary/aromatic N) is 4. The molecule has 5 nitrogen and oxygen atoms in total. The second-order valence-corrected chi connectivity index (χ2v) is 3.69. The number of aryl methyl sites for hydroxylation is 2. The number of carbonyl (C=O) groups excluding carboxylic acids is 1. The molecular formula is C11H14N4O. The van der Waals surface area contributed by atoms with Gasteiger partial charge in [-0.1, -0.05) is 6.92 Å². The summed E-state index contributed by atoms with van der Waals surface area (Å²) in [5.74, 6) is 0. The first-order valence-electron chi connectivity index (χ1n) is 5.21. The Balaban J connectivity index is 2.19. The Morgan fingerprint density at radius 3 is 2.88 bits per heavy atom. The molecule has 0 N–H and O–H groups in total. The van der Waals surface area contributed by atoms with E-state index in [-0.39, 0.29) is 0 Å². The zero-order chi connectivity index (χ0) is 11.5. The van der Waals surface area contributed by atoms with Crippen LogP contribution in [0.25, 0.3) is 0 Å². The van der Waals surface area contributed by atoms with Gasteiger partial charge in [0.25, 0.3) is 0 Å². The average molecular weight is 218 g/mol. The van der Waals surface area contributed by atoms with Gasteiger partial charge in [-0.05, 0) is 12.5 Å². The van der Waals surface area contributed by atoms with E-state index in [9.17, 15) is 4.79 Å². The summed E-state index contributed by atoms with van der Waals surface area (Å²) in [7, 11) is 1.92. The summed E-state index contributed by atoms with van der Waals surface area (Å²) in [5.41, 5.74) is 2.64. The fourth-order valence-corrected chi connectivity index (χ4v) is 1.60. The Hall–Kier alpha value is -1.91. The van der Waals surface area contributed by atoms with Gasteiger partial charge < -0.3 is 4.57 Å². The van der Waals surface area contributed by atoms with Crippen molar-refractivity contribution < 1.29 is 4.79 Å². The van der Waals surface area contributed by atoms with E-state index >= 15 is 0 Å². The standard InChI is InChI=1S/C11H14N4O/c1-3-9-4-11(14(2)13-9)6-15-5-10(7-16)12-8-15/h4-5,7-8H,3,6H2,1-2H3. The van der Waals surface area contributed by atoms with Crippen LogP contribution in [0.4, 0.5) is 0 Å². The van der Waals surface area contributed by atoms with Gasteiger partial charge in [0.2, 0.25) is 0 Å². The molecule has 84 valence electrons. The van der Waals surface area contributed by atoms with E-state index in [0.717, 1.165) is 24.1 Å². The highest BCUT2D eigenvalue weighted by Gasteiger charge is 2.05. The zero-order valence-electron chi connectivity index (χ0n) is 9.42. The maximum absolute atomic E-state index is 10.5. The first-order chi connectivity index (χ1) is 7.72. The number of carbonyl (C=O) groups is 1. The molecule has 0 aliphatic carbocycles. The van der Waals surface area contributed by atoms with E-state index < -0.39 is 0 Å². The van der Waals surface area contributed by atoms with Crippen LogP contribution in [-0.2, 0) is 20.0 Å². The molecule has 2 aromatic rings. The number of aromatic nitrogens is 4. The van der Waals surface area contributed by atoms with E-state index in [4.69, 9.17) is 0 Å². The summed E-state index contributed by atoms with van der Waals surface area (Å²) in [6.07, 6.45) is 5.06. The maximum Gasteiger partial charge on any atom is 0.169 e. The number of hydrogen-bond acceptors (Lipinski definition) is 3. The smallest absolute Gasteiger partial charge is 0.169 e. The lowest BCUT2D eigenvalue weighted by molar-refractivity contribution is 0.111. The van der Waals surface area contributed by atoms with Gasteiger partial charge in [0.1, 0.15) is 5.69 Å². The van der Waals surface area contributed by atoms with E-state index in [2.05, 4.69) is 23.1 Å². The highest BCUT2D eigenvalue weighted by atomic mass is 16.1. The summed E-state index contributed by atoms with van der Waals surface area (Å²) in [5, 5.41) is 4.37. The predicted molar refractivity (Wildman–Crippen MR) is 59.3 cm³/mol. The molecule has 0 fully saturated rings. The molecule has 0 amide bonds. The zero-order valence-corrected chi connectivity index (χ0v) is 9.42. The van der Waals surface area contributed by atoms with Crippen molar-refractivity contribution in [1.82, 2.24) is 19.3 Å². The van der Waals surface area contributed by atoms with Crippen molar-refractivity contribution in [2.75, 3.05) is 0 Å². The Bertz CT molecular complexity index is 498. The molecule has 0 aliphatic rings. The SMILES string of the molecule is CCc1cc(Cn2cnc(C=O)c2)n(C)n1. The molecule has 0 saturated carbocycles. The molecule has 5 heteroatoms. The fraction of sp³-hybridized carbons (Fsp3) is 0.364. The van der Waals surface area contributed by atoms with E-state index in [0.29, 0.717) is 12.2 Å². The van der Waals surface area contributed by atoms with Crippen LogP contribution in [0.1, 0.15) is 28.8 Å². The third-order valence-electron chi connectivity index (χ3n) is 2.51. The lowest BCUT2D eigenvalue weighted by Crippen LogP contribution is -2.03. The summed E-state index contributed by atoms with van der Waals surface area (Å²) >= 11 is 0. The van der Waals surface area contributed by atoms with Crippen LogP contribution in [0.3, 0.4) is 0 Å². The number of imidazole rings is 1. The van der Waals surface area contributed by atoms with Crippen molar-refractivity contribution in [3.8, 4) is 0 Å². The number of hydrogen-bond donors (Lipinski definition) is 0. The maximum atomic E-state index is 10.5. The molecule has 0 spiro atoms. The summed E-state index contributed by atoms with van der Waals surface area (Å²) in [6.45, 7) is 2.76. The lowest BCUT2D eigenvalue weighted by atomic mass is 10.3. The van der Waals surface area contributed by atoms with E-state index in [1.54, 1.807) is 12.5 Å². The van der Waals surface area contributed by atoms with Gasteiger partial charge in [0.05, 0.1) is 24.3 Å². The van der Waals surface area contributed by atoms with Gasteiger partial charge in [0.15, 0.2) is 6.29 Å². The van der Waals surface area contributed by atoms with Crippen LogP contribution in [0.2, 0.25) is 0 Å². The fourth-order valence-electron chi connectivity index (χ4n) is 1.60. The molecule has 2 aromatic heterocycles. The minimum atomic E-state index is 0.456. The highest BCUT2D eigenvalue weighted by Crippen LogP contribution is 2.06. The largest absolute Gasteiger partial charge is 0.331 e. The van der Waals surface area contributed by atoms with Crippen molar-refractivity contribution >= 4 is 6.29 Å². The van der Waals surface area contributed by atoms with Crippen LogP contribution in [-0.4, -0.2) is 25.6 Å². The van der Waals surface area contributed by atoms with E-state index in [1.807, 2.05) is 16.3 Å². The van der Waals surface area contributed by atoms with Gasteiger partial charge in [-0.15, -0.1) is 0 Å². The molecule has 0 aromatic carbocycles. The third-order valence-corrected chi connectivity index (χ3v) is 2.51. The van der Waals surface area contributed by atoms with Crippen molar-refractivity contribution in [1.29, 1.82) is 0 Å². The average Bonchev–Trinajstić information content (AvgIpc) is 2.87. The normalized spacial score (nSPS) is 10.6. The van der Waals surface area contributed by atoms with Crippen LogP contribution in [0, 0.1) is 0 Å². The summed E-state index contributed by atoms with van der Waals surface area (Å²) in [6, 6.07) is 2.07. The first kappa shape index (κ1) is 10.6.